The summed E-state index contributed by atoms with van der Waals surface area (Å²) < 4.78 is 69.2. The van der Waals surface area contributed by atoms with Gasteiger partial charge in [0.1, 0.15) is 18.8 Å². The van der Waals surface area contributed by atoms with Crippen LogP contribution in [0.1, 0.15) is 39.0 Å². The summed E-state index contributed by atoms with van der Waals surface area (Å²) in [6.07, 6.45) is -6.23. The number of carbonyl (C=O) groups is 4. The van der Waals surface area contributed by atoms with E-state index in [1.807, 2.05) is 0 Å². The number of alkyl halides is 5. The van der Waals surface area contributed by atoms with Crippen molar-refractivity contribution in [2.45, 2.75) is 69.5 Å². The van der Waals surface area contributed by atoms with Crippen molar-refractivity contribution in [1.29, 1.82) is 0 Å². The van der Waals surface area contributed by atoms with E-state index >= 15 is 0 Å². The highest BCUT2D eigenvalue weighted by atomic mass is 19.4. The molecule has 3 rings (SSSR count). The number of rotatable bonds is 9. The fraction of sp³-hybridized carbons (Fsp3) is 0.800. The van der Waals surface area contributed by atoms with Crippen LogP contribution in [-0.2, 0) is 23.9 Å². The molecule has 1 aliphatic carbocycles. The number of carbonyl (C=O) groups excluding carboxylic acids is 4. The van der Waals surface area contributed by atoms with Gasteiger partial charge in [0.15, 0.2) is 5.78 Å². The molecule has 0 radical (unpaired) electrons. The molecule has 3 aliphatic rings. The molecule has 0 aromatic carbocycles. The van der Waals surface area contributed by atoms with Crippen molar-refractivity contribution in [2.75, 3.05) is 19.7 Å². The lowest BCUT2D eigenvalue weighted by Crippen LogP contribution is -2.56. The monoisotopic (exact) mass is 499 g/mol. The summed E-state index contributed by atoms with van der Waals surface area (Å²) >= 11 is 0. The highest BCUT2D eigenvalue weighted by Gasteiger charge is 2.59. The molecule has 192 valence electrons. The summed E-state index contributed by atoms with van der Waals surface area (Å²) in [7, 11) is 0. The van der Waals surface area contributed by atoms with Gasteiger partial charge in [-0.2, -0.15) is 8.78 Å². The van der Waals surface area contributed by atoms with Gasteiger partial charge >= 0.3 is 12.3 Å². The number of aliphatic hydroxyl groups excluding tert-OH is 1. The number of hydrogen-bond donors (Lipinski definition) is 3. The van der Waals surface area contributed by atoms with Gasteiger partial charge in [-0.1, -0.05) is 0 Å². The van der Waals surface area contributed by atoms with Gasteiger partial charge in [0, 0.05) is 19.0 Å². The number of ether oxygens (including phenoxy) is 1. The van der Waals surface area contributed by atoms with Crippen LogP contribution in [0.2, 0.25) is 0 Å². The summed E-state index contributed by atoms with van der Waals surface area (Å²) in [4.78, 5) is 50.5. The molecular weight excluding hydrogens is 473 g/mol. The second-order valence-electron chi connectivity index (χ2n) is 9.23. The molecule has 4 atom stereocenters. The van der Waals surface area contributed by atoms with E-state index in [9.17, 15) is 46.2 Å². The molecule has 0 aromatic heterocycles. The van der Waals surface area contributed by atoms with Crippen LogP contribution in [0, 0.1) is 11.3 Å². The highest BCUT2D eigenvalue weighted by Crippen LogP contribution is 2.55. The van der Waals surface area contributed by atoms with Crippen molar-refractivity contribution in [1.82, 2.24) is 15.5 Å². The topological polar surface area (TPSA) is 125 Å². The van der Waals surface area contributed by atoms with Crippen LogP contribution in [0.5, 0.6) is 0 Å². The van der Waals surface area contributed by atoms with E-state index in [4.69, 9.17) is 0 Å². The summed E-state index contributed by atoms with van der Waals surface area (Å²) in [6.45, 7) is -0.537. The van der Waals surface area contributed by atoms with E-state index in [1.54, 1.807) is 0 Å². The second kappa shape index (κ2) is 9.36. The Morgan fingerprint density at radius 3 is 2.41 bits per heavy atom. The van der Waals surface area contributed by atoms with Crippen molar-refractivity contribution < 1.29 is 51.0 Å². The number of likely N-dealkylation sites (tertiary alicyclic amines) is 1. The van der Waals surface area contributed by atoms with E-state index in [0.717, 1.165) is 6.92 Å². The van der Waals surface area contributed by atoms with E-state index < -0.39 is 71.9 Å². The number of nitrogens with one attached hydrogen (secondary N) is 2. The minimum absolute atomic E-state index is 0.0321. The molecule has 1 saturated carbocycles. The number of amides is 3. The van der Waals surface area contributed by atoms with Crippen LogP contribution in [-0.4, -0.2) is 83.7 Å². The van der Waals surface area contributed by atoms with Gasteiger partial charge in [0.2, 0.25) is 11.8 Å². The van der Waals surface area contributed by atoms with Crippen molar-refractivity contribution in [3.8, 4) is 0 Å². The molecule has 0 bridgehead atoms. The van der Waals surface area contributed by atoms with Crippen LogP contribution >= 0.6 is 0 Å². The zero-order valence-electron chi connectivity index (χ0n) is 18.3. The zero-order chi connectivity index (χ0) is 25.5. The fourth-order valence-corrected chi connectivity index (χ4v) is 4.36. The Bertz CT molecular complexity index is 845. The third-order valence-corrected chi connectivity index (χ3v) is 6.61. The number of Topliss-reactive ketones (excluding diaryl/α,β-unsaturated/α-hetero) is 1. The Kier molecular flexibility index (Phi) is 7.23. The van der Waals surface area contributed by atoms with Crippen LogP contribution in [0.15, 0.2) is 0 Å². The van der Waals surface area contributed by atoms with Crippen LogP contribution in [0.4, 0.5) is 22.0 Å². The molecule has 3 fully saturated rings. The summed E-state index contributed by atoms with van der Waals surface area (Å²) in [5.41, 5.74) is -0.531. The first kappa shape index (κ1) is 26.3. The maximum absolute atomic E-state index is 14.2. The van der Waals surface area contributed by atoms with Gasteiger partial charge in [-0.25, -0.2) is 0 Å². The van der Waals surface area contributed by atoms with Gasteiger partial charge in [-0.3, -0.25) is 23.9 Å². The lowest BCUT2D eigenvalue weighted by molar-refractivity contribution is -0.321. The summed E-state index contributed by atoms with van der Waals surface area (Å²) in [6, 6.07) is -2.97. The minimum atomic E-state index is -5.10. The van der Waals surface area contributed by atoms with Crippen molar-refractivity contribution in [2.24, 2.45) is 11.3 Å². The lowest BCUT2D eigenvalue weighted by Gasteiger charge is -2.30. The number of nitrogens with zero attached hydrogens (tertiary/aromatic N) is 1. The average molecular weight is 499 g/mol. The van der Waals surface area contributed by atoms with Crippen molar-refractivity contribution in [3.05, 3.63) is 0 Å². The molecule has 1 unspecified atom stereocenters. The van der Waals surface area contributed by atoms with Crippen LogP contribution in [0.25, 0.3) is 0 Å². The molecule has 1 spiro atoms. The average Bonchev–Trinajstić information content (AvgIpc) is 3.20. The Hall–Kier alpha value is -2.35. The van der Waals surface area contributed by atoms with Gasteiger partial charge in [-0.15, -0.1) is 13.2 Å². The number of hydrogen-bond acceptors (Lipinski definition) is 6. The van der Waals surface area contributed by atoms with E-state index in [0.29, 0.717) is 24.3 Å². The molecule has 3 N–H and O–H groups in total. The van der Waals surface area contributed by atoms with E-state index in [-0.39, 0.29) is 25.8 Å². The molecule has 2 saturated heterocycles. The van der Waals surface area contributed by atoms with Crippen LogP contribution < -0.4 is 10.6 Å². The maximum atomic E-state index is 14.2. The third-order valence-electron chi connectivity index (χ3n) is 6.61. The molecule has 3 amide bonds. The highest BCUT2D eigenvalue weighted by molar-refractivity contribution is 5.95. The Morgan fingerprint density at radius 2 is 1.91 bits per heavy atom. The normalized spacial score (nSPS) is 25.7. The van der Waals surface area contributed by atoms with Crippen molar-refractivity contribution in [3.63, 3.8) is 0 Å². The molecule has 34 heavy (non-hydrogen) atoms. The third kappa shape index (κ3) is 5.82. The zero-order valence-corrected chi connectivity index (χ0v) is 18.3. The number of aliphatic hydroxyl groups is 1. The maximum Gasteiger partial charge on any atom is 0.522 e. The molecule has 2 heterocycles. The smallest absolute Gasteiger partial charge is 0.387 e. The fourth-order valence-electron chi connectivity index (χ4n) is 4.36. The first-order chi connectivity index (χ1) is 15.7. The predicted molar refractivity (Wildman–Crippen MR) is 103 cm³/mol. The summed E-state index contributed by atoms with van der Waals surface area (Å²) in [5, 5.41) is 14.1. The first-order valence-corrected chi connectivity index (χ1v) is 10.8. The molecular formula is C20H26F5N3O6. The summed E-state index contributed by atoms with van der Waals surface area (Å²) in [5.74, 6) is -9.24. The molecule has 2 aliphatic heterocycles. The lowest BCUT2D eigenvalue weighted by atomic mass is 9.95. The van der Waals surface area contributed by atoms with Crippen LogP contribution in [0.3, 0.4) is 0 Å². The quantitative estimate of drug-likeness (QED) is 0.397. The Balaban J connectivity index is 1.77. The Morgan fingerprint density at radius 1 is 1.26 bits per heavy atom. The first-order valence-electron chi connectivity index (χ1n) is 10.8. The van der Waals surface area contributed by atoms with Crippen molar-refractivity contribution >= 4 is 23.5 Å². The largest absolute Gasteiger partial charge is 0.522 e. The van der Waals surface area contributed by atoms with Gasteiger partial charge in [0.05, 0.1) is 6.04 Å². The molecule has 9 nitrogen and oxygen atoms in total. The van der Waals surface area contributed by atoms with E-state index in [2.05, 4.69) is 15.4 Å². The Labute approximate surface area is 191 Å². The standard InChI is InChI=1S/C20H26F5N3O6/c1-10(29)19(21,22)17(33)28-9-18(3-4-18)7-13(28)16(32)27-12(6-11-2-5-26-15(11)31)14(30)8-34-20(23,24)25/h10-13,29H,2-9H2,1H3,(H,26,31)(H,27,32)/t10?,11-,12-,13-/m0/s1. The number of halogens is 5. The SMILES string of the molecule is CC(O)C(F)(F)C(=O)N1CC2(CC2)C[C@H]1C(=O)N[C@@H](C[C@@H]1CCNC1=O)C(=O)COC(F)(F)F. The van der Waals surface area contributed by atoms with E-state index in [1.165, 1.54) is 0 Å². The number of ketones is 1. The molecule has 0 aromatic rings. The van der Waals surface area contributed by atoms with Gasteiger partial charge in [0.25, 0.3) is 5.91 Å². The van der Waals surface area contributed by atoms with Gasteiger partial charge < -0.3 is 20.6 Å². The van der Waals surface area contributed by atoms with Gasteiger partial charge in [-0.05, 0) is 44.4 Å². The second-order valence-corrected chi connectivity index (χ2v) is 9.23. The molecule has 14 heteroatoms. The minimum Gasteiger partial charge on any atom is -0.387 e. The predicted octanol–water partition coefficient (Wildman–Crippen LogP) is 0.500.